The lowest BCUT2D eigenvalue weighted by molar-refractivity contribution is -0.145. The van der Waals surface area contributed by atoms with Gasteiger partial charge in [-0.05, 0) is 43.0 Å². The number of ether oxygens (including phenoxy) is 1. The molecule has 1 N–H and O–H groups in total. The second kappa shape index (κ2) is 9.98. The van der Waals surface area contributed by atoms with Crippen molar-refractivity contribution in [1.82, 2.24) is 4.90 Å². The van der Waals surface area contributed by atoms with Crippen LogP contribution in [0.4, 0.5) is 0 Å². The molecule has 1 aliphatic heterocycles. The van der Waals surface area contributed by atoms with E-state index in [2.05, 4.69) is 0 Å². The summed E-state index contributed by atoms with van der Waals surface area (Å²) in [6.45, 7) is 7.38. The molecule has 31 heavy (non-hydrogen) atoms. The van der Waals surface area contributed by atoms with Crippen LogP contribution < -0.4 is 0 Å². The number of morpholine rings is 1. The molecule has 0 amide bonds. The van der Waals surface area contributed by atoms with Crippen molar-refractivity contribution in [3.8, 4) is 0 Å². The fourth-order valence-electron chi connectivity index (χ4n) is 4.45. The van der Waals surface area contributed by atoms with E-state index in [1.807, 2.05) is 50.2 Å². The molecular weight excluding hydrogens is 394 g/mol. The Hall–Kier alpha value is -2.83. The van der Waals surface area contributed by atoms with Crippen LogP contribution in [-0.4, -0.2) is 59.9 Å². The van der Waals surface area contributed by atoms with Crippen LogP contribution in [0, 0.1) is 20.8 Å². The number of rotatable bonds is 8. The molecule has 1 saturated heterocycles. The number of aryl methyl sites for hydroxylation is 2. The Labute approximate surface area is 182 Å². The molecule has 1 unspecified atom stereocenters. The van der Waals surface area contributed by atoms with Crippen molar-refractivity contribution >= 4 is 17.5 Å². The Morgan fingerprint density at radius 1 is 0.968 bits per heavy atom. The molecule has 3 rings (SSSR count). The van der Waals surface area contributed by atoms with Crippen LogP contribution in [0.25, 0.3) is 0 Å². The van der Waals surface area contributed by atoms with Gasteiger partial charge in [-0.1, -0.05) is 36.4 Å². The van der Waals surface area contributed by atoms with E-state index in [1.54, 1.807) is 11.8 Å². The summed E-state index contributed by atoms with van der Waals surface area (Å²) in [5, 5.41) is 9.72. The third-order valence-electron chi connectivity index (χ3n) is 5.89. The van der Waals surface area contributed by atoms with Crippen molar-refractivity contribution in [2.75, 3.05) is 26.3 Å². The summed E-state index contributed by atoms with van der Waals surface area (Å²) in [7, 11) is 0. The van der Waals surface area contributed by atoms with E-state index in [9.17, 15) is 19.5 Å². The van der Waals surface area contributed by atoms with Crippen LogP contribution in [0.3, 0.4) is 0 Å². The van der Waals surface area contributed by atoms with Gasteiger partial charge in [0.25, 0.3) is 0 Å². The molecule has 1 fully saturated rings. The number of hydrogen-bond acceptors (Lipinski definition) is 5. The summed E-state index contributed by atoms with van der Waals surface area (Å²) in [6, 6.07) is 10.4. The Balaban J connectivity index is 1.89. The number of benzene rings is 2. The van der Waals surface area contributed by atoms with E-state index >= 15 is 0 Å². The summed E-state index contributed by atoms with van der Waals surface area (Å²) >= 11 is 0. The van der Waals surface area contributed by atoms with E-state index in [4.69, 9.17) is 4.74 Å². The maximum atomic E-state index is 13.3. The van der Waals surface area contributed by atoms with Gasteiger partial charge in [0.15, 0.2) is 11.6 Å². The van der Waals surface area contributed by atoms with Gasteiger partial charge in [-0.2, -0.15) is 0 Å². The lowest BCUT2D eigenvalue weighted by Gasteiger charge is -2.31. The highest BCUT2D eigenvalue weighted by Crippen LogP contribution is 2.26. The number of nitrogens with zero attached hydrogens (tertiary/aromatic N) is 1. The lowest BCUT2D eigenvalue weighted by Crippen LogP contribution is -2.48. The maximum absolute atomic E-state index is 13.3. The minimum absolute atomic E-state index is 0.0433. The number of carbonyl (C=O) groups excluding carboxylic acids is 2. The first-order chi connectivity index (χ1) is 14.8. The minimum Gasteiger partial charge on any atom is -0.480 e. The van der Waals surface area contributed by atoms with E-state index in [0.29, 0.717) is 43.0 Å². The van der Waals surface area contributed by atoms with Crippen molar-refractivity contribution in [1.29, 1.82) is 0 Å². The Bertz CT molecular complexity index is 977. The van der Waals surface area contributed by atoms with E-state index in [-0.39, 0.29) is 24.4 Å². The normalized spacial score (nSPS) is 15.5. The first kappa shape index (κ1) is 22.8. The number of ketones is 2. The predicted molar refractivity (Wildman–Crippen MR) is 118 cm³/mol. The number of hydrogen-bond donors (Lipinski definition) is 1. The van der Waals surface area contributed by atoms with E-state index < -0.39 is 12.0 Å². The summed E-state index contributed by atoms with van der Waals surface area (Å²) in [5.74, 6) is -1.31. The van der Waals surface area contributed by atoms with E-state index in [0.717, 1.165) is 16.7 Å². The molecule has 6 nitrogen and oxygen atoms in total. The molecule has 0 bridgehead atoms. The van der Waals surface area contributed by atoms with Gasteiger partial charge in [-0.15, -0.1) is 0 Å². The Kier molecular flexibility index (Phi) is 7.36. The fraction of sp³-hybridized carbons (Fsp3) is 0.400. The summed E-state index contributed by atoms with van der Waals surface area (Å²) in [5.41, 5.74) is 4.16. The summed E-state index contributed by atoms with van der Waals surface area (Å²) < 4.78 is 5.30. The van der Waals surface area contributed by atoms with Crippen molar-refractivity contribution in [3.63, 3.8) is 0 Å². The fourth-order valence-corrected chi connectivity index (χ4v) is 4.45. The molecule has 0 spiro atoms. The van der Waals surface area contributed by atoms with Gasteiger partial charge in [-0.3, -0.25) is 19.3 Å². The zero-order chi connectivity index (χ0) is 22.5. The zero-order valence-corrected chi connectivity index (χ0v) is 18.3. The third-order valence-corrected chi connectivity index (χ3v) is 5.89. The Morgan fingerprint density at radius 3 is 2.13 bits per heavy atom. The quantitative estimate of drug-likeness (QED) is 0.655. The van der Waals surface area contributed by atoms with Gasteiger partial charge in [-0.25, -0.2) is 0 Å². The highest BCUT2D eigenvalue weighted by molar-refractivity contribution is 6.06. The molecule has 6 heteroatoms. The molecule has 0 radical (unpaired) electrons. The standard InChI is InChI=1S/C25H29NO5/c1-16-13-17(2)24(18(3)23(16)21(27)14-19-7-5-4-6-8-19)22(28)15-20(25(29)30)26-9-11-31-12-10-26/h4-8,13,20H,9-12,14-15H2,1-3H3,(H,29,30). The van der Waals surface area contributed by atoms with Gasteiger partial charge in [0.2, 0.25) is 0 Å². The van der Waals surface area contributed by atoms with Crippen molar-refractivity contribution in [2.24, 2.45) is 0 Å². The first-order valence-corrected chi connectivity index (χ1v) is 10.5. The average Bonchev–Trinajstić information content (AvgIpc) is 2.72. The smallest absolute Gasteiger partial charge is 0.321 e. The number of carboxylic acid groups (broad SMARTS) is 1. The second-order valence-corrected chi connectivity index (χ2v) is 8.10. The van der Waals surface area contributed by atoms with Gasteiger partial charge >= 0.3 is 5.97 Å². The number of aliphatic carboxylic acids is 1. The van der Waals surface area contributed by atoms with Crippen molar-refractivity contribution in [2.45, 2.75) is 39.7 Å². The molecule has 2 aromatic carbocycles. The zero-order valence-electron chi connectivity index (χ0n) is 18.3. The molecular formula is C25H29NO5. The van der Waals surface area contributed by atoms with Gasteiger partial charge in [0.05, 0.1) is 13.2 Å². The summed E-state index contributed by atoms with van der Waals surface area (Å²) in [4.78, 5) is 40.0. The van der Waals surface area contributed by atoms with Crippen LogP contribution in [0.1, 0.15) is 49.4 Å². The number of carbonyl (C=O) groups is 3. The first-order valence-electron chi connectivity index (χ1n) is 10.5. The highest BCUT2D eigenvalue weighted by Gasteiger charge is 2.31. The van der Waals surface area contributed by atoms with Gasteiger partial charge in [0.1, 0.15) is 6.04 Å². The van der Waals surface area contributed by atoms with Crippen LogP contribution in [0.15, 0.2) is 36.4 Å². The molecule has 0 aromatic heterocycles. The monoisotopic (exact) mass is 423 g/mol. The van der Waals surface area contributed by atoms with Crippen molar-refractivity contribution in [3.05, 3.63) is 69.8 Å². The van der Waals surface area contributed by atoms with E-state index in [1.165, 1.54) is 0 Å². The van der Waals surface area contributed by atoms with Gasteiger partial charge < -0.3 is 9.84 Å². The van der Waals surface area contributed by atoms with Crippen molar-refractivity contribution < 1.29 is 24.2 Å². The second-order valence-electron chi connectivity index (χ2n) is 8.10. The lowest BCUT2D eigenvalue weighted by atomic mass is 9.86. The molecule has 1 heterocycles. The molecule has 2 aromatic rings. The SMILES string of the molecule is Cc1cc(C)c(C(=O)CC(C(=O)O)N2CCOCC2)c(C)c1C(=O)Cc1ccccc1. The van der Waals surface area contributed by atoms with Crippen LogP contribution in [0.2, 0.25) is 0 Å². The van der Waals surface area contributed by atoms with Gasteiger partial charge in [0, 0.05) is 37.1 Å². The predicted octanol–water partition coefficient (Wildman–Crippen LogP) is 3.40. The minimum atomic E-state index is -1.02. The highest BCUT2D eigenvalue weighted by atomic mass is 16.5. The molecule has 1 atom stereocenters. The molecule has 1 aliphatic rings. The average molecular weight is 424 g/mol. The third kappa shape index (κ3) is 5.27. The number of carboxylic acids is 1. The van der Waals surface area contributed by atoms with Crippen LogP contribution in [0.5, 0.6) is 0 Å². The maximum Gasteiger partial charge on any atom is 0.321 e. The van der Waals surface area contributed by atoms with Crippen LogP contribution >= 0.6 is 0 Å². The molecule has 0 saturated carbocycles. The molecule has 164 valence electrons. The summed E-state index contributed by atoms with van der Waals surface area (Å²) in [6.07, 6.45) is 0.122. The topological polar surface area (TPSA) is 83.9 Å². The molecule has 0 aliphatic carbocycles. The number of Topliss-reactive ketones (excluding diaryl/α,β-unsaturated/α-hetero) is 2. The largest absolute Gasteiger partial charge is 0.480 e. The van der Waals surface area contributed by atoms with Crippen LogP contribution in [-0.2, 0) is 16.0 Å². The Morgan fingerprint density at radius 2 is 1.55 bits per heavy atom.